The zero-order valence-corrected chi connectivity index (χ0v) is 14.0. The van der Waals surface area contributed by atoms with E-state index in [1.807, 2.05) is 68.7 Å². The molecule has 0 spiro atoms. The lowest BCUT2D eigenvalue weighted by Crippen LogP contribution is -2.32. The molecule has 5 heteroatoms. The van der Waals surface area contributed by atoms with Gasteiger partial charge in [0.15, 0.2) is 5.57 Å². The van der Waals surface area contributed by atoms with Crippen molar-refractivity contribution in [3.63, 3.8) is 0 Å². The maximum atomic E-state index is 13.9. The van der Waals surface area contributed by atoms with Crippen LogP contribution in [0.3, 0.4) is 0 Å². The van der Waals surface area contributed by atoms with E-state index in [0.29, 0.717) is 5.57 Å². The lowest BCUT2D eigenvalue weighted by Gasteiger charge is -2.25. The van der Waals surface area contributed by atoms with Crippen molar-refractivity contribution in [3.05, 3.63) is 54.6 Å². The van der Waals surface area contributed by atoms with Crippen LogP contribution < -0.4 is 10.9 Å². The third kappa shape index (κ3) is 2.20. The molecular weight excluding hydrogens is 293 g/mol. The first-order valence-corrected chi connectivity index (χ1v) is 9.04. The number of nitrogens with zero attached hydrogens (tertiary/aromatic N) is 3. The Kier molecular flexibility index (Phi) is 3.90. The maximum absolute atomic E-state index is 13.9. The first kappa shape index (κ1) is 15.0. The van der Waals surface area contributed by atoms with Crippen molar-refractivity contribution in [2.24, 2.45) is 0 Å². The lowest BCUT2D eigenvalue weighted by molar-refractivity contribution is 0.530. The van der Waals surface area contributed by atoms with E-state index < -0.39 is 7.29 Å². The van der Waals surface area contributed by atoms with E-state index in [1.54, 1.807) is 4.67 Å². The molecule has 0 aliphatic rings. The van der Waals surface area contributed by atoms with Gasteiger partial charge in [-0.2, -0.15) is 0 Å². The number of aromatic nitrogens is 2. The molecule has 1 atom stereocenters. The average molecular weight is 313 g/mol. The third-order valence-corrected chi connectivity index (χ3v) is 6.90. The summed E-state index contributed by atoms with van der Waals surface area (Å²) in [6.07, 6.45) is 0. The molecule has 0 saturated heterocycles. The Labute approximate surface area is 130 Å². The molecule has 0 bridgehead atoms. The van der Waals surface area contributed by atoms with Crippen LogP contribution >= 0.6 is 7.29 Å². The average Bonchev–Trinajstić information content (AvgIpc) is 2.93. The van der Waals surface area contributed by atoms with Crippen LogP contribution in [0, 0.1) is 0 Å². The Bertz CT molecular complexity index is 839. The second-order valence-electron chi connectivity index (χ2n) is 5.40. The Balaban J connectivity index is 2.33. The second kappa shape index (κ2) is 5.71. The van der Waals surface area contributed by atoms with Crippen molar-refractivity contribution < 1.29 is 4.57 Å². The fourth-order valence-electron chi connectivity index (χ4n) is 2.76. The molecule has 1 heterocycles. The molecular formula is C17H20N3OP. The minimum Gasteiger partial charge on any atom is -0.321 e. The zero-order valence-electron chi connectivity index (χ0n) is 13.1. The minimum absolute atomic E-state index is 0.646. The van der Waals surface area contributed by atoms with Crippen molar-refractivity contribution in [2.45, 2.75) is 13.5 Å². The molecule has 3 aromatic rings. The summed E-state index contributed by atoms with van der Waals surface area (Å²) < 4.78 is 17.8. The monoisotopic (exact) mass is 313 g/mol. The largest absolute Gasteiger partial charge is 0.321 e. The van der Waals surface area contributed by atoms with Gasteiger partial charge in [-0.1, -0.05) is 30.3 Å². The highest BCUT2D eigenvalue weighted by molar-refractivity contribution is 7.76. The molecule has 1 aromatic heterocycles. The molecule has 0 saturated carbocycles. The summed E-state index contributed by atoms with van der Waals surface area (Å²) in [6, 6.07) is 17.6. The van der Waals surface area contributed by atoms with Crippen LogP contribution in [0.2, 0.25) is 0 Å². The molecule has 1 unspecified atom stereocenters. The zero-order chi connectivity index (χ0) is 15.7. The van der Waals surface area contributed by atoms with E-state index in [0.717, 1.165) is 22.9 Å². The van der Waals surface area contributed by atoms with Crippen LogP contribution in [-0.4, -0.2) is 28.3 Å². The van der Waals surface area contributed by atoms with Gasteiger partial charge >= 0.3 is 0 Å². The summed E-state index contributed by atoms with van der Waals surface area (Å²) in [7, 11) is 0.771. The lowest BCUT2D eigenvalue weighted by atomic mass is 10.3. The topological polar surface area (TPSA) is 38.1 Å². The van der Waals surface area contributed by atoms with E-state index in [9.17, 15) is 4.57 Å². The highest BCUT2D eigenvalue weighted by atomic mass is 31.2. The van der Waals surface area contributed by atoms with E-state index >= 15 is 0 Å². The Morgan fingerprint density at radius 2 is 1.68 bits per heavy atom. The predicted octanol–water partition coefficient (Wildman–Crippen LogP) is 2.85. The quantitative estimate of drug-likeness (QED) is 0.695. The van der Waals surface area contributed by atoms with Gasteiger partial charge in [0.2, 0.25) is 7.29 Å². The number of benzene rings is 2. The van der Waals surface area contributed by atoms with Crippen LogP contribution in [0.5, 0.6) is 0 Å². The van der Waals surface area contributed by atoms with Gasteiger partial charge in [0.05, 0.1) is 11.0 Å². The number of para-hydroxylation sites is 2. The van der Waals surface area contributed by atoms with Crippen LogP contribution in [0.15, 0.2) is 54.6 Å². The fraction of sp³-hybridized carbons (Fsp3) is 0.235. The molecule has 0 N–H and O–H groups in total. The molecule has 0 aliphatic heterocycles. The predicted molar refractivity (Wildman–Crippen MR) is 92.4 cm³/mol. The molecule has 2 aromatic carbocycles. The number of imidazole rings is 1. The van der Waals surface area contributed by atoms with E-state index in [1.165, 1.54) is 0 Å². The van der Waals surface area contributed by atoms with Crippen LogP contribution in [0.25, 0.3) is 11.0 Å². The minimum atomic E-state index is -2.94. The molecule has 3 rings (SSSR count). The smallest absolute Gasteiger partial charge is 0.240 e. The third-order valence-electron chi connectivity index (χ3n) is 3.89. The summed E-state index contributed by atoms with van der Waals surface area (Å²) in [5, 5.41) is 0.810. The Morgan fingerprint density at radius 1 is 1.05 bits per heavy atom. The van der Waals surface area contributed by atoms with E-state index in [4.69, 9.17) is 4.98 Å². The van der Waals surface area contributed by atoms with Crippen LogP contribution in [-0.2, 0) is 11.1 Å². The van der Waals surface area contributed by atoms with Crippen LogP contribution in [0.4, 0.5) is 0 Å². The standard InChI is InChI=1S/C17H20N3OP/c1-4-20-16-13-9-8-12-15(16)18-17(20)22(21,19(2)3)14-10-6-5-7-11-14/h5-13H,4H2,1-3H3. The number of aryl methyl sites for hydroxylation is 1. The number of hydrogen-bond acceptors (Lipinski definition) is 2. The highest BCUT2D eigenvalue weighted by Gasteiger charge is 2.35. The van der Waals surface area contributed by atoms with Gasteiger partial charge in [-0.15, -0.1) is 0 Å². The normalized spacial score (nSPS) is 14.4. The molecule has 0 radical (unpaired) electrons. The van der Waals surface area contributed by atoms with Gasteiger partial charge in [-0.25, -0.2) is 4.98 Å². The highest BCUT2D eigenvalue weighted by Crippen LogP contribution is 2.45. The molecule has 22 heavy (non-hydrogen) atoms. The summed E-state index contributed by atoms with van der Waals surface area (Å²) in [6.45, 7) is 2.79. The van der Waals surface area contributed by atoms with Gasteiger partial charge in [0, 0.05) is 11.8 Å². The van der Waals surface area contributed by atoms with Crippen molar-refractivity contribution in [1.82, 2.24) is 14.2 Å². The first-order valence-electron chi connectivity index (χ1n) is 7.38. The van der Waals surface area contributed by atoms with E-state index in [-0.39, 0.29) is 0 Å². The van der Waals surface area contributed by atoms with Crippen molar-refractivity contribution >= 4 is 29.2 Å². The molecule has 0 fully saturated rings. The van der Waals surface area contributed by atoms with Crippen molar-refractivity contribution in [3.8, 4) is 0 Å². The van der Waals surface area contributed by atoms with Gasteiger partial charge < -0.3 is 4.57 Å². The molecule has 0 amide bonds. The summed E-state index contributed by atoms with van der Waals surface area (Å²) in [4.78, 5) is 4.71. The first-order chi connectivity index (χ1) is 10.6. The molecule has 4 nitrogen and oxygen atoms in total. The van der Waals surface area contributed by atoms with Gasteiger partial charge in [0.25, 0.3) is 0 Å². The summed E-state index contributed by atoms with van der Waals surface area (Å²) >= 11 is 0. The fourth-order valence-corrected chi connectivity index (χ4v) is 5.21. The molecule has 114 valence electrons. The van der Waals surface area contributed by atoms with Crippen LogP contribution in [0.1, 0.15) is 6.92 Å². The Hall–Kier alpha value is -1.90. The number of fused-ring (bicyclic) bond motifs is 1. The van der Waals surface area contributed by atoms with Crippen molar-refractivity contribution in [1.29, 1.82) is 0 Å². The van der Waals surface area contributed by atoms with Gasteiger partial charge in [0.1, 0.15) is 0 Å². The van der Waals surface area contributed by atoms with E-state index in [2.05, 4.69) is 11.5 Å². The molecule has 0 aliphatic carbocycles. The van der Waals surface area contributed by atoms with Gasteiger partial charge in [-0.05, 0) is 45.3 Å². The Morgan fingerprint density at radius 3 is 2.32 bits per heavy atom. The number of hydrogen-bond donors (Lipinski definition) is 0. The number of rotatable bonds is 4. The van der Waals surface area contributed by atoms with Gasteiger partial charge in [-0.3, -0.25) is 9.24 Å². The van der Waals surface area contributed by atoms with Crippen molar-refractivity contribution in [2.75, 3.05) is 14.1 Å². The SMILES string of the molecule is CCn1c(P(=O)(c2ccccc2)N(C)C)nc2ccccc21. The summed E-state index contributed by atoms with van der Waals surface area (Å²) in [5.41, 5.74) is 2.56. The maximum Gasteiger partial charge on any atom is 0.240 e. The summed E-state index contributed by atoms with van der Waals surface area (Å²) in [5.74, 6) is 0. The second-order valence-corrected chi connectivity index (χ2v) is 8.27.